The number of amides is 1. The first kappa shape index (κ1) is 22.3. The number of nitrogens with zero attached hydrogens (tertiary/aromatic N) is 1. The molecule has 2 aromatic rings. The third-order valence-electron chi connectivity index (χ3n) is 4.39. The van der Waals surface area contributed by atoms with Crippen molar-refractivity contribution in [2.24, 2.45) is 0 Å². The topological polar surface area (TPSA) is 44.4 Å². The molecule has 26 heavy (non-hydrogen) atoms. The molecule has 0 aromatic heterocycles. The Morgan fingerprint density at radius 2 is 1.85 bits per heavy atom. The number of hydrogen-bond acceptors (Lipinski definition) is 3. The Morgan fingerprint density at radius 3 is 2.54 bits per heavy atom. The number of carbonyl (C=O) groups is 1. The summed E-state index contributed by atoms with van der Waals surface area (Å²) in [5.74, 6) is 0.00579. The first-order valence-corrected chi connectivity index (χ1v) is 8.51. The van der Waals surface area contributed by atoms with Crippen LogP contribution in [0.15, 0.2) is 48.5 Å². The Hall–Kier alpha value is -1.75. The van der Waals surface area contributed by atoms with Crippen molar-refractivity contribution in [1.82, 2.24) is 10.2 Å². The molecule has 1 aliphatic rings. The molecular formula is C20H27Cl2N3O. The van der Waals surface area contributed by atoms with Crippen LogP contribution in [-0.2, 0) is 6.42 Å². The van der Waals surface area contributed by atoms with E-state index in [2.05, 4.69) is 33.7 Å². The number of rotatable bonds is 5. The lowest BCUT2D eigenvalue weighted by molar-refractivity contribution is 0.0929. The quantitative estimate of drug-likeness (QED) is 0.805. The number of likely N-dealkylation sites (N-methyl/N-ethyl adjacent to an activating group) is 1. The maximum absolute atomic E-state index is 12.9. The average Bonchev–Trinajstić information content (AvgIpc) is 2.61. The molecule has 0 saturated heterocycles. The van der Waals surface area contributed by atoms with Crippen LogP contribution >= 0.6 is 24.8 Å². The second kappa shape index (κ2) is 10.4. The third-order valence-corrected chi connectivity index (χ3v) is 4.39. The zero-order valence-corrected chi connectivity index (χ0v) is 16.8. The minimum atomic E-state index is -0.0268. The van der Waals surface area contributed by atoms with E-state index in [4.69, 9.17) is 0 Å². The smallest absolute Gasteiger partial charge is 0.252 e. The Labute approximate surface area is 168 Å². The zero-order chi connectivity index (χ0) is 16.9. The molecule has 0 aliphatic carbocycles. The van der Waals surface area contributed by atoms with Crippen molar-refractivity contribution in [3.8, 4) is 0 Å². The van der Waals surface area contributed by atoms with E-state index in [1.165, 1.54) is 0 Å². The summed E-state index contributed by atoms with van der Waals surface area (Å²) in [7, 11) is 4.05. The second-order valence-corrected chi connectivity index (χ2v) is 6.56. The summed E-state index contributed by atoms with van der Waals surface area (Å²) < 4.78 is 0. The van der Waals surface area contributed by atoms with E-state index in [-0.39, 0.29) is 36.8 Å². The monoisotopic (exact) mass is 395 g/mol. The summed E-state index contributed by atoms with van der Waals surface area (Å²) in [6, 6.07) is 16.1. The predicted molar refractivity (Wildman–Crippen MR) is 113 cm³/mol. The maximum atomic E-state index is 12.9. The molecule has 1 heterocycles. The van der Waals surface area contributed by atoms with Crippen LogP contribution in [-0.4, -0.2) is 38.0 Å². The molecule has 0 fully saturated rings. The van der Waals surface area contributed by atoms with Gasteiger partial charge in [0.2, 0.25) is 0 Å². The van der Waals surface area contributed by atoms with Crippen LogP contribution in [0.1, 0.15) is 33.9 Å². The molecule has 2 N–H and O–H groups in total. The van der Waals surface area contributed by atoms with E-state index in [1.807, 2.05) is 44.4 Å². The van der Waals surface area contributed by atoms with Crippen molar-refractivity contribution >= 4 is 36.4 Å². The lowest BCUT2D eigenvalue weighted by Gasteiger charge is -2.25. The SMILES string of the molecule is CN(C)CC(NC(=O)c1cccc2c1CCCN2)c1ccccc1.Cl.Cl. The van der Waals surface area contributed by atoms with Gasteiger partial charge >= 0.3 is 0 Å². The first-order chi connectivity index (χ1) is 11.6. The van der Waals surface area contributed by atoms with Gasteiger partial charge in [-0.05, 0) is 50.2 Å². The molecule has 1 unspecified atom stereocenters. The number of fused-ring (bicyclic) bond motifs is 1. The van der Waals surface area contributed by atoms with Crippen LogP contribution in [0.2, 0.25) is 0 Å². The highest BCUT2D eigenvalue weighted by atomic mass is 35.5. The van der Waals surface area contributed by atoms with Gasteiger partial charge in [-0.1, -0.05) is 36.4 Å². The zero-order valence-electron chi connectivity index (χ0n) is 15.2. The molecule has 0 bridgehead atoms. The van der Waals surface area contributed by atoms with Crippen molar-refractivity contribution in [3.63, 3.8) is 0 Å². The van der Waals surface area contributed by atoms with E-state index in [0.29, 0.717) is 0 Å². The molecule has 2 aromatic carbocycles. The normalized spacial score (nSPS) is 13.5. The van der Waals surface area contributed by atoms with Crippen LogP contribution in [0.3, 0.4) is 0 Å². The number of carbonyl (C=O) groups excluding carboxylic acids is 1. The Bertz CT molecular complexity index is 707. The van der Waals surface area contributed by atoms with Gasteiger partial charge in [0.05, 0.1) is 6.04 Å². The van der Waals surface area contributed by atoms with Crippen molar-refractivity contribution in [2.75, 3.05) is 32.5 Å². The van der Waals surface area contributed by atoms with Gasteiger partial charge in [0.15, 0.2) is 0 Å². The average molecular weight is 396 g/mol. The van der Waals surface area contributed by atoms with Crippen LogP contribution < -0.4 is 10.6 Å². The number of anilines is 1. The molecule has 1 amide bonds. The van der Waals surface area contributed by atoms with E-state index >= 15 is 0 Å². The third kappa shape index (κ3) is 5.37. The van der Waals surface area contributed by atoms with Crippen molar-refractivity contribution < 1.29 is 4.79 Å². The summed E-state index contributed by atoms with van der Waals surface area (Å²) in [5, 5.41) is 6.61. The van der Waals surface area contributed by atoms with E-state index in [0.717, 1.165) is 48.3 Å². The fraction of sp³-hybridized carbons (Fsp3) is 0.350. The van der Waals surface area contributed by atoms with E-state index < -0.39 is 0 Å². The predicted octanol–water partition coefficient (Wildman–Crippen LogP) is 3.92. The number of nitrogens with one attached hydrogen (secondary N) is 2. The van der Waals surface area contributed by atoms with Crippen LogP contribution in [0.25, 0.3) is 0 Å². The van der Waals surface area contributed by atoms with Gasteiger partial charge in [0, 0.05) is 24.3 Å². The van der Waals surface area contributed by atoms with Gasteiger partial charge in [0.25, 0.3) is 5.91 Å². The van der Waals surface area contributed by atoms with Gasteiger partial charge in [-0.3, -0.25) is 4.79 Å². The Balaban J connectivity index is 0.00000169. The Morgan fingerprint density at radius 1 is 1.12 bits per heavy atom. The molecule has 0 radical (unpaired) electrons. The molecule has 4 nitrogen and oxygen atoms in total. The number of halogens is 2. The summed E-state index contributed by atoms with van der Waals surface area (Å²) in [4.78, 5) is 15.0. The summed E-state index contributed by atoms with van der Waals surface area (Å²) >= 11 is 0. The molecule has 0 spiro atoms. The summed E-state index contributed by atoms with van der Waals surface area (Å²) in [5.41, 5.74) is 4.15. The fourth-order valence-electron chi connectivity index (χ4n) is 3.24. The lowest BCUT2D eigenvalue weighted by Crippen LogP contribution is -2.36. The van der Waals surface area contributed by atoms with Crippen LogP contribution in [0.5, 0.6) is 0 Å². The van der Waals surface area contributed by atoms with Gasteiger partial charge < -0.3 is 15.5 Å². The lowest BCUT2D eigenvalue weighted by atomic mass is 9.96. The molecular weight excluding hydrogens is 369 g/mol. The largest absolute Gasteiger partial charge is 0.385 e. The molecule has 3 rings (SSSR count). The van der Waals surface area contributed by atoms with Crippen molar-refractivity contribution in [3.05, 3.63) is 65.2 Å². The summed E-state index contributed by atoms with van der Waals surface area (Å²) in [6.07, 6.45) is 2.02. The molecule has 0 saturated carbocycles. The van der Waals surface area contributed by atoms with E-state index in [9.17, 15) is 4.79 Å². The highest BCUT2D eigenvalue weighted by Gasteiger charge is 2.21. The van der Waals surface area contributed by atoms with E-state index in [1.54, 1.807) is 0 Å². The van der Waals surface area contributed by atoms with Gasteiger partial charge in [-0.2, -0.15) is 0 Å². The highest BCUT2D eigenvalue weighted by molar-refractivity contribution is 5.97. The van der Waals surface area contributed by atoms with Crippen molar-refractivity contribution in [1.29, 1.82) is 0 Å². The van der Waals surface area contributed by atoms with Gasteiger partial charge in [-0.15, -0.1) is 24.8 Å². The fourth-order valence-corrected chi connectivity index (χ4v) is 3.24. The first-order valence-electron chi connectivity index (χ1n) is 8.51. The maximum Gasteiger partial charge on any atom is 0.252 e. The molecule has 1 atom stereocenters. The Kier molecular flexibility index (Phi) is 8.93. The second-order valence-electron chi connectivity index (χ2n) is 6.56. The number of benzene rings is 2. The summed E-state index contributed by atoms with van der Waals surface area (Å²) in [6.45, 7) is 1.74. The minimum Gasteiger partial charge on any atom is -0.385 e. The van der Waals surface area contributed by atoms with Gasteiger partial charge in [-0.25, -0.2) is 0 Å². The minimum absolute atomic E-state index is 0. The van der Waals surface area contributed by atoms with Crippen molar-refractivity contribution in [2.45, 2.75) is 18.9 Å². The van der Waals surface area contributed by atoms with Crippen LogP contribution in [0.4, 0.5) is 5.69 Å². The van der Waals surface area contributed by atoms with Gasteiger partial charge in [0.1, 0.15) is 0 Å². The standard InChI is InChI=1S/C20H25N3O.2ClH/c1-23(2)14-19(15-8-4-3-5-9-15)22-20(24)17-10-6-12-18-16(17)11-7-13-21-18;;/h3-6,8-10,12,19,21H,7,11,13-14H2,1-2H3,(H,22,24);2*1H. The number of hydrogen-bond donors (Lipinski definition) is 2. The molecule has 142 valence electrons. The highest BCUT2D eigenvalue weighted by Crippen LogP contribution is 2.26. The molecule has 1 aliphatic heterocycles. The van der Waals surface area contributed by atoms with Crippen LogP contribution in [0, 0.1) is 0 Å². The molecule has 6 heteroatoms.